The van der Waals surface area contributed by atoms with E-state index in [1.54, 1.807) is 0 Å². The minimum absolute atomic E-state index is 0.0922. The molecule has 170 valence electrons. The van der Waals surface area contributed by atoms with Gasteiger partial charge in [-0.05, 0) is 70.4 Å². The van der Waals surface area contributed by atoms with Gasteiger partial charge >= 0.3 is 0 Å². The fourth-order valence-electron chi connectivity index (χ4n) is 5.44. The fourth-order valence-corrected chi connectivity index (χ4v) is 5.44. The lowest BCUT2D eigenvalue weighted by Gasteiger charge is -2.50. The molecule has 0 atom stereocenters. The van der Waals surface area contributed by atoms with Crippen molar-refractivity contribution < 1.29 is 0 Å². The van der Waals surface area contributed by atoms with Crippen LogP contribution in [0.25, 0.3) is 10.9 Å². The van der Waals surface area contributed by atoms with Crippen LogP contribution in [0.3, 0.4) is 0 Å². The van der Waals surface area contributed by atoms with Crippen LogP contribution in [-0.2, 0) is 13.1 Å². The molecular formula is C27H37N5. The van der Waals surface area contributed by atoms with Crippen LogP contribution in [0.2, 0.25) is 0 Å². The molecule has 1 aliphatic heterocycles. The van der Waals surface area contributed by atoms with Gasteiger partial charge in [-0.15, -0.1) is 0 Å². The van der Waals surface area contributed by atoms with Gasteiger partial charge in [0, 0.05) is 67.6 Å². The van der Waals surface area contributed by atoms with Gasteiger partial charge in [0.25, 0.3) is 0 Å². The highest BCUT2D eigenvalue weighted by Gasteiger charge is 2.40. The van der Waals surface area contributed by atoms with Crippen LogP contribution in [0.15, 0.2) is 54.9 Å². The molecule has 1 N–H and O–H groups in total. The summed E-state index contributed by atoms with van der Waals surface area (Å²) in [5.74, 6) is 1.05. The smallest absolute Gasteiger partial charge is 0.133 e. The topological polar surface area (TPSA) is 44.3 Å². The summed E-state index contributed by atoms with van der Waals surface area (Å²) in [5, 5.41) is 5.04. The Labute approximate surface area is 192 Å². The molecule has 1 saturated heterocycles. The molecule has 3 heterocycles. The monoisotopic (exact) mass is 431 g/mol. The summed E-state index contributed by atoms with van der Waals surface area (Å²) in [6, 6.07) is 15.5. The van der Waals surface area contributed by atoms with Gasteiger partial charge in [0.05, 0.1) is 5.52 Å². The predicted molar refractivity (Wildman–Crippen MR) is 134 cm³/mol. The van der Waals surface area contributed by atoms with Gasteiger partial charge in [0.2, 0.25) is 0 Å². The minimum Gasteiger partial charge on any atom is -0.362 e. The van der Waals surface area contributed by atoms with Crippen molar-refractivity contribution in [1.82, 2.24) is 20.2 Å². The molecule has 5 nitrogen and oxygen atoms in total. The van der Waals surface area contributed by atoms with E-state index in [0.717, 1.165) is 37.3 Å². The number of rotatable bonds is 6. The summed E-state index contributed by atoms with van der Waals surface area (Å²) in [6.07, 6.45) is 6.01. The normalized spacial score (nSPS) is 18.2. The molecule has 5 heteroatoms. The Kier molecular flexibility index (Phi) is 6.24. The Hall–Kier alpha value is -2.50. The maximum Gasteiger partial charge on any atom is 0.133 e. The standard InChI is InChI=1S/C27H37N5/c1-26(2)16-23(17-27(3,4)30-26)32(18-20-11-13-28-14-12-20)19-22-15-21-9-7-8-10-24(21)29-25(22)31(5)6/h7-15,23,30H,16-19H2,1-6H3. The third kappa shape index (κ3) is 5.28. The van der Waals surface area contributed by atoms with Gasteiger partial charge in [-0.2, -0.15) is 0 Å². The Morgan fingerprint density at radius 3 is 2.25 bits per heavy atom. The van der Waals surface area contributed by atoms with Crippen LogP contribution in [0.5, 0.6) is 0 Å². The van der Waals surface area contributed by atoms with Gasteiger partial charge in [0.15, 0.2) is 0 Å². The Balaban J connectivity index is 1.73. The zero-order valence-electron chi connectivity index (χ0n) is 20.4. The summed E-state index contributed by atoms with van der Waals surface area (Å²) < 4.78 is 0. The van der Waals surface area contributed by atoms with E-state index in [1.807, 2.05) is 12.4 Å². The Morgan fingerprint density at radius 1 is 0.938 bits per heavy atom. The average molecular weight is 432 g/mol. The first-order chi connectivity index (χ1) is 15.1. The summed E-state index contributed by atoms with van der Waals surface area (Å²) in [7, 11) is 4.18. The highest BCUT2D eigenvalue weighted by atomic mass is 15.2. The number of nitrogens with one attached hydrogen (secondary N) is 1. The molecule has 1 fully saturated rings. The Bertz CT molecular complexity index is 1040. The van der Waals surface area contributed by atoms with E-state index in [0.29, 0.717) is 6.04 Å². The predicted octanol–water partition coefficient (Wildman–Crippen LogP) is 5.01. The van der Waals surface area contributed by atoms with Crippen molar-refractivity contribution in [3.8, 4) is 0 Å². The largest absolute Gasteiger partial charge is 0.362 e. The molecule has 3 aromatic rings. The van der Waals surface area contributed by atoms with Crippen molar-refractivity contribution in [2.45, 2.75) is 70.7 Å². The molecular weight excluding hydrogens is 394 g/mol. The van der Waals surface area contributed by atoms with E-state index < -0.39 is 0 Å². The minimum atomic E-state index is 0.0922. The molecule has 2 aromatic heterocycles. The molecule has 0 radical (unpaired) electrons. The van der Waals surface area contributed by atoms with Crippen LogP contribution in [-0.4, -0.2) is 46.1 Å². The highest BCUT2D eigenvalue weighted by molar-refractivity contribution is 5.81. The zero-order chi connectivity index (χ0) is 22.9. The van der Waals surface area contributed by atoms with E-state index in [-0.39, 0.29) is 11.1 Å². The maximum atomic E-state index is 5.01. The summed E-state index contributed by atoms with van der Waals surface area (Å²) in [4.78, 5) is 14.0. The second-order valence-electron chi connectivity index (χ2n) is 10.8. The number of hydrogen-bond acceptors (Lipinski definition) is 5. The number of aromatic nitrogens is 2. The van der Waals surface area contributed by atoms with Crippen molar-refractivity contribution >= 4 is 16.7 Å². The lowest BCUT2D eigenvalue weighted by Crippen LogP contribution is -2.62. The van der Waals surface area contributed by atoms with Crippen molar-refractivity contribution in [2.24, 2.45) is 0 Å². The summed E-state index contributed by atoms with van der Waals surface area (Å²) >= 11 is 0. The SMILES string of the molecule is CN(C)c1nc2ccccc2cc1CN(Cc1ccncc1)C1CC(C)(C)NC(C)(C)C1. The summed E-state index contributed by atoms with van der Waals surface area (Å²) in [6.45, 7) is 11.1. The molecule has 1 aliphatic rings. The van der Waals surface area contributed by atoms with E-state index in [9.17, 15) is 0 Å². The maximum absolute atomic E-state index is 5.01. The van der Waals surface area contributed by atoms with Crippen LogP contribution in [0.1, 0.15) is 51.7 Å². The van der Waals surface area contributed by atoms with Gasteiger partial charge in [0.1, 0.15) is 5.82 Å². The molecule has 0 spiro atoms. The van der Waals surface area contributed by atoms with E-state index in [2.05, 4.69) is 104 Å². The first-order valence-corrected chi connectivity index (χ1v) is 11.6. The second kappa shape index (κ2) is 8.80. The Morgan fingerprint density at radius 2 is 1.59 bits per heavy atom. The van der Waals surface area contributed by atoms with Gasteiger partial charge < -0.3 is 10.2 Å². The number of pyridine rings is 2. The summed E-state index contributed by atoms with van der Waals surface area (Å²) in [5.41, 5.74) is 3.81. The number of anilines is 1. The lowest BCUT2D eigenvalue weighted by molar-refractivity contribution is 0.0564. The third-order valence-corrected chi connectivity index (χ3v) is 6.40. The van der Waals surface area contributed by atoms with E-state index in [4.69, 9.17) is 4.98 Å². The molecule has 0 amide bonds. The average Bonchev–Trinajstić information content (AvgIpc) is 2.71. The molecule has 0 saturated carbocycles. The molecule has 32 heavy (non-hydrogen) atoms. The first-order valence-electron chi connectivity index (χ1n) is 11.6. The van der Waals surface area contributed by atoms with Crippen molar-refractivity contribution in [2.75, 3.05) is 19.0 Å². The molecule has 0 bridgehead atoms. The highest BCUT2D eigenvalue weighted by Crippen LogP contribution is 2.34. The zero-order valence-corrected chi connectivity index (χ0v) is 20.4. The first kappa shape index (κ1) is 22.7. The van der Waals surface area contributed by atoms with Crippen LogP contribution in [0.4, 0.5) is 5.82 Å². The van der Waals surface area contributed by atoms with Crippen molar-refractivity contribution in [3.63, 3.8) is 0 Å². The van der Waals surface area contributed by atoms with Gasteiger partial charge in [-0.1, -0.05) is 18.2 Å². The van der Waals surface area contributed by atoms with Crippen molar-refractivity contribution in [1.29, 1.82) is 0 Å². The number of benzene rings is 1. The number of piperidine rings is 1. The van der Waals surface area contributed by atoms with Gasteiger partial charge in [-0.3, -0.25) is 9.88 Å². The molecule has 0 unspecified atom stereocenters. The quantitative estimate of drug-likeness (QED) is 0.594. The van der Waals surface area contributed by atoms with Gasteiger partial charge in [-0.25, -0.2) is 4.98 Å². The van der Waals surface area contributed by atoms with E-state index >= 15 is 0 Å². The van der Waals surface area contributed by atoms with Crippen LogP contribution < -0.4 is 10.2 Å². The van der Waals surface area contributed by atoms with Crippen LogP contribution in [0, 0.1) is 0 Å². The fraction of sp³-hybridized carbons (Fsp3) is 0.481. The van der Waals surface area contributed by atoms with Crippen LogP contribution >= 0.6 is 0 Å². The number of hydrogen-bond donors (Lipinski definition) is 1. The second-order valence-corrected chi connectivity index (χ2v) is 10.8. The number of fused-ring (bicyclic) bond motifs is 1. The third-order valence-electron chi connectivity index (χ3n) is 6.40. The number of para-hydroxylation sites is 1. The molecule has 4 rings (SSSR count). The molecule has 0 aliphatic carbocycles. The van der Waals surface area contributed by atoms with Crippen molar-refractivity contribution in [3.05, 3.63) is 66.0 Å². The molecule has 1 aromatic carbocycles. The van der Waals surface area contributed by atoms with E-state index in [1.165, 1.54) is 16.5 Å². The lowest BCUT2D eigenvalue weighted by atomic mass is 9.78. The number of nitrogens with zero attached hydrogens (tertiary/aromatic N) is 4.